The van der Waals surface area contributed by atoms with Crippen LogP contribution in [0.1, 0.15) is 88.6 Å². The third kappa shape index (κ3) is 4.89. The summed E-state index contributed by atoms with van der Waals surface area (Å²) in [6.07, 6.45) is 4.29. The SMILES string of the molecule is CCCCc1nc(C(C)CC)nn1Cc1ccc(-n2c(-c3nnn[nH]3)ccc2C(C)C)cc1. The average Bonchev–Trinajstić information content (AvgIpc) is 3.57. The van der Waals surface area contributed by atoms with Crippen molar-refractivity contribution in [2.24, 2.45) is 0 Å². The number of nitrogens with one attached hydrogen (secondary N) is 1. The van der Waals surface area contributed by atoms with Gasteiger partial charge in [0.1, 0.15) is 5.82 Å². The Morgan fingerprint density at radius 1 is 1.00 bits per heavy atom. The molecule has 1 aromatic carbocycles. The Labute approximate surface area is 195 Å². The van der Waals surface area contributed by atoms with E-state index >= 15 is 0 Å². The molecular weight excluding hydrogens is 412 g/mol. The van der Waals surface area contributed by atoms with Crippen molar-refractivity contribution in [3.63, 3.8) is 0 Å². The molecule has 0 saturated carbocycles. The molecule has 0 radical (unpaired) electrons. The lowest BCUT2D eigenvalue weighted by Crippen LogP contribution is -2.08. The predicted octanol–water partition coefficient (Wildman–Crippen LogP) is 5.28. The summed E-state index contributed by atoms with van der Waals surface area (Å²) in [6.45, 7) is 11.7. The Hall–Kier alpha value is -3.29. The summed E-state index contributed by atoms with van der Waals surface area (Å²) in [5, 5.41) is 19.4. The molecule has 174 valence electrons. The molecule has 33 heavy (non-hydrogen) atoms. The molecule has 3 aromatic heterocycles. The van der Waals surface area contributed by atoms with Crippen molar-refractivity contribution in [1.82, 2.24) is 40.0 Å². The highest BCUT2D eigenvalue weighted by molar-refractivity contribution is 5.57. The number of nitrogens with zero attached hydrogens (tertiary/aromatic N) is 7. The molecule has 0 spiro atoms. The van der Waals surface area contributed by atoms with Gasteiger partial charge in [-0.15, -0.1) is 5.10 Å². The number of benzene rings is 1. The quantitative estimate of drug-likeness (QED) is 0.358. The summed E-state index contributed by atoms with van der Waals surface area (Å²) < 4.78 is 4.31. The molecule has 0 bridgehead atoms. The summed E-state index contributed by atoms with van der Waals surface area (Å²) in [7, 11) is 0. The van der Waals surface area contributed by atoms with Crippen LogP contribution in [0.3, 0.4) is 0 Å². The maximum absolute atomic E-state index is 4.87. The molecule has 1 N–H and O–H groups in total. The summed E-state index contributed by atoms with van der Waals surface area (Å²) in [6, 6.07) is 12.9. The molecule has 0 aliphatic rings. The van der Waals surface area contributed by atoms with Crippen LogP contribution in [0.2, 0.25) is 0 Å². The fraction of sp³-hybridized carbons (Fsp3) is 0.480. The molecule has 8 nitrogen and oxygen atoms in total. The fourth-order valence-electron chi connectivity index (χ4n) is 4.00. The third-order valence-electron chi connectivity index (χ3n) is 6.19. The van der Waals surface area contributed by atoms with Gasteiger partial charge in [0, 0.05) is 23.7 Å². The normalized spacial score (nSPS) is 12.5. The van der Waals surface area contributed by atoms with E-state index in [0.29, 0.717) is 17.7 Å². The van der Waals surface area contributed by atoms with Gasteiger partial charge in [-0.1, -0.05) is 53.2 Å². The van der Waals surface area contributed by atoms with E-state index in [1.54, 1.807) is 0 Å². The summed E-state index contributed by atoms with van der Waals surface area (Å²) in [4.78, 5) is 4.87. The van der Waals surface area contributed by atoms with Gasteiger partial charge in [0.05, 0.1) is 12.2 Å². The molecule has 1 atom stereocenters. The highest BCUT2D eigenvalue weighted by atomic mass is 15.5. The topological polar surface area (TPSA) is 90.1 Å². The standard InChI is InChI=1S/C25H34N8/c1-6-8-9-23-26-24(18(5)7-2)29-32(23)16-19-10-12-20(13-11-19)33-21(17(3)4)14-15-22(33)25-27-30-31-28-25/h10-15,17-18H,6-9,16H2,1-5H3,(H,27,28,30,31). The van der Waals surface area contributed by atoms with E-state index in [1.807, 2.05) is 0 Å². The number of H-pyrrole nitrogens is 1. The number of hydrogen-bond acceptors (Lipinski definition) is 5. The van der Waals surface area contributed by atoms with Gasteiger partial charge in [-0.3, -0.25) is 0 Å². The van der Waals surface area contributed by atoms with E-state index in [0.717, 1.165) is 55.3 Å². The van der Waals surface area contributed by atoms with Gasteiger partial charge in [-0.25, -0.2) is 14.8 Å². The molecule has 0 amide bonds. The van der Waals surface area contributed by atoms with Crippen LogP contribution in [0.15, 0.2) is 36.4 Å². The first-order valence-corrected chi connectivity index (χ1v) is 12.0. The molecule has 0 aliphatic heterocycles. The Morgan fingerprint density at radius 3 is 2.42 bits per heavy atom. The van der Waals surface area contributed by atoms with Gasteiger partial charge in [-0.2, -0.15) is 5.10 Å². The Balaban J connectivity index is 1.63. The van der Waals surface area contributed by atoms with Crippen LogP contribution < -0.4 is 0 Å². The predicted molar refractivity (Wildman–Crippen MR) is 129 cm³/mol. The highest BCUT2D eigenvalue weighted by Gasteiger charge is 2.17. The zero-order chi connectivity index (χ0) is 23.4. The van der Waals surface area contributed by atoms with Crippen LogP contribution >= 0.6 is 0 Å². The molecule has 0 fully saturated rings. The zero-order valence-electron chi connectivity index (χ0n) is 20.3. The maximum atomic E-state index is 4.87. The number of aryl methyl sites for hydroxylation is 1. The van der Waals surface area contributed by atoms with Gasteiger partial charge >= 0.3 is 0 Å². The van der Waals surface area contributed by atoms with Gasteiger partial charge in [0.15, 0.2) is 11.6 Å². The van der Waals surface area contributed by atoms with E-state index in [9.17, 15) is 0 Å². The minimum absolute atomic E-state index is 0.365. The van der Waals surface area contributed by atoms with Crippen LogP contribution in [0, 0.1) is 0 Å². The molecule has 0 aliphatic carbocycles. The lowest BCUT2D eigenvalue weighted by Gasteiger charge is -2.15. The first-order chi connectivity index (χ1) is 16.0. The second kappa shape index (κ2) is 10.1. The van der Waals surface area contributed by atoms with E-state index in [2.05, 4.69) is 101 Å². The van der Waals surface area contributed by atoms with E-state index in [1.165, 1.54) is 11.3 Å². The largest absolute Gasteiger partial charge is 0.310 e. The highest BCUT2D eigenvalue weighted by Crippen LogP contribution is 2.28. The first kappa shape index (κ1) is 22.9. The van der Waals surface area contributed by atoms with Crippen molar-refractivity contribution in [3.8, 4) is 17.2 Å². The van der Waals surface area contributed by atoms with Crippen LogP contribution in [0.4, 0.5) is 0 Å². The monoisotopic (exact) mass is 446 g/mol. The van der Waals surface area contributed by atoms with Crippen molar-refractivity contribution in [1.29, 1.82) is 0 Å². The van der Waals surface area contributed by atoms with Crippen LogP contribution in [-0.2, 0) is 13.0 Å². The minimum Gasteiger partial charge on any atom is -0.310 e. The van der Waals surface area contributed by atoms with Crippen LogP contribution in [0.25, 0.3) is 17.2 Å². The maximum Gasteiger partial charge on any atom is 0.196 e. The van der Waals surface area contributed by atoms with Crippen molar-refractivity contribution < 1.29 is 0 Å². The Kier molecular flexibility index (Phi) is 7.01. The smallest absolute Gasteiger partial charge is 0.196 e. The lowest BCUT2D eigenvalue weighted by molar-refractivity contribution is 0.602. The summed E-state index contributed by atoms with van der Waals surface area (Å²) >= 11 is 0. The summed E-state index contributed by atoms with van der Waals surface area (Å²) in [5.74, 6) is 3.45. The molecule has 0 saturated heterocycles. The van der Waals surface area contributed by atoms with Crippen molar-refractivity contribution in [3.05, 3.63) is 59.3 Å². The second-order valence-corrected chi connectivity index (χ2v) is 9.01. The number of unbranched alkanes of at least 4 members (excludes halogenated alkanes) is 1. The van der Waals surface area contributed by atoms with Gasteiger partial charge < -0.3 is 4.57 Å². The zero-order valence-corrected chi connectivity index (χ0v) is 20.3. The Morgan fingerprint density at radius 2 is 1.79 bits per heavy atom. The number of aromatic nitrogens is 8. The Bertz CT molecular complexity index is 1150. The minimum atomic E-state index is 0.365. The van der Waals surface area contributed by atoms with E-state index in [4.69, 9.17) is 10.1 Å². The molecule has 3 heterocycles. The molecule has 4 aromatic rings. The summed E-state index contributed by atoms with van der Waals surface area (Å²) in [5.41, 5.74) is 4.46. The molecular formula is C25H34N8. The van der Waals surface area contributed by atoms with Crippen LogP contribution in [0.5, 0.6) is 0 Å². The second-order valence-electron chi connectivity index (χ2n) is 9.01. The number of tetrazole rings is 1. The number of aromatic amines is 1. The van der Waals surface area contributed by atoms with E-state index < -0.39 is 0 Å². The van der Waals surface area contributed by atoms with Gasteiger partial charge in [-0.05, 0) is 59.0 Å². The number of rotatable bonds is 10. The molecule has 4 rings (SSSR count). The van der Waals surface area contributed by atoms with Gasteiger partial charge in [0.25, 0.3) is 0 Å². The van der Waals surface area contributed by atoms with Crippen LogP contribution in [-0.4, -0.2) is 40.0 Å². The number of hydrogen-bond donors (Lipinski definition) is 1. The fourth-order valence-corrected chi connectivity index (χ4v) is 4.00. The average molecular weight is 447 g/mol. The molecule has 1 unspecified atom stereocenters. The van der Waals surface area contributed by atoms with Crippen molar-refractivity contribution >= 4 is 0 Å². The third-order valence-corrected chi connectivity index (χ3v) is 6.19. The van der Waals surface area contributed by atoms with E-state index in [-0.39, 0.29) is 0 Å². The lowest BCUT2D eigenvalue weighted by atomic mass is 10.1. The first-order valence-electron chi connectivity index (χ1n) is 12.0. The van der Waals surface area contributed by atoms with Crippen molar-refractivity contribution in [2.45, 2.75) is 78.7 Å². The molecule has 8 heteroatoms. The van der Waals surface area contributed by atoms with Crippen molar-refractivity contribution in [2.75, 3.05) is 0 Å². The van der Waals surface area contributed by atoms with Gasteiger partial charge in [0.2, 0.25) is 0 Å².